The van der Waals surface area contributed by atoms with E-state index in [1.54, 1.807) is 0 Å². The number of rotatable bonds is 3. The Bertz CT molecular complexity index is 418. The van der Waals surface area contributed by atoms with Crippen LogP contribution in [0, 0.1) is 5.92 Å². The van der Waals surface area contributed by atoms with E-state index >= 15 is 0 Å². The lowest BCUT2D eigenvalue weighted by Gasteiger charge is -2.16. The maximum absolute atomic E-state index is 12.6. The molecule has 18 heavy (non-hydrogen) atoms. The SMILES string of the molecule is Cl.N[C@@H](CC1CC1)c1cc(C(F)(F)F)ccc1Br. The second-order valence-corrected chi connectivity index (χ2v) is 5.37. The van der Waals surface area contributed by atoms with Crippen molar-refractivity contribution in [3.8, 4) is 0 Å². The Morgan fingerprint density at radius 3 is 2.44 bits per heavy atom. The molecule has 6 heteroatoms. The normalized spacial score (nSPS) is 17.2. The standard InChI is InChI=1S/C12H13BrF3N.ClH/c13-10-4-3-8(12(14,15)16)6-9(10)11(17)5-7-1-2-7;/h3-4,6-7,11H,1-2,5,17H2;1H/t11-;/m0./s1. The van der Waals surface area contributed by atoms with Gasteiger partial charge < -0.3 is 5.73 Å². The predicted octanol–water partition coefficient (Wildman–Crippen LogP) is 4.69. The molecule has 0 radical (unpaired) electrons. The minimum Gasteiger partial charge on any atom is -0.324 e. The summed E-state index contributed by atoms with van der Waals surface area (Å²) in [6.07, 6.45) is -1.26. The fourth-order valence-electron chi connectivity index (χ4n) is 1.84. The molecule has 0 heterocycles. The van der Waals surface area contributed by atoms with Crippen LogP contribution in [0.2, 0.25) is 0 Å². The highest BCUT2D eigenvalue weighted by Crippen LogP contribution is 2.39. The van der Waals surface area contributed by atoms with Gasteiger partial charge in [0.15, 0.2) is 0 Å². The molecule has 2 N–H and O–H groups in total. The van der Waals surface area contributed by atoms with Crippen molar-refractivity contribution in [3.63, 3.8) is 0 Å². The average Bonchev–Trinajstić information content (AvgIpc) is 3.00. The first kappa shape index (κ1) is 15.8. The second-order valence-electron chi connectivity index (χ2n) is 4.52. The Labute approximate surface area is 118 Å². The molecule has 0 amide bonds. The highest BCUT2D eigenvalue weighted by molar-refractivity contribution is 9.10. The third-order valence-corrected chi connectivity index (χ3v) is 3.73. The fraction of sp³-hybridized carbons (Fsp3) is 0.500. The summed E-state index contributed by atoms with van der Waals surface area (Å²) >= 11 is 3.26. The molecule has 1 aromatic rings. The van der Waals surface area contributed by atoms with Gasteiger partial charge in [0, 0.05) is 10.5 Å². The maximum Gasteiger partial charge on any atom is 0.416 e. The highest BCUT2D eigenvalue weighted by Gasteiger charge is 2.32. The molecule has 0 aliphatic heterocycles. The predicted molar refractivity (Wildman–Crippen MR) is 70.7 cm³/mol. The zero-order valence-electron chi connectivity index (χ0n) is 9.51. The monoisotopic (exact) mass is 343 g/mol. The molecule has 0 aromatic heterocycles. The first-order valence-corrected chi connectivity index (χ1v) is 6.29. The van der Waals surface area contributed by atoms with Gasteiger partial charge in [0.05, 0.1) is 5.56 Å². The summed E-state index contributed by atoms with van der Waals surface area (Å²) in [5, 5.41) is 0. The summed E-state index contributed by atoms with van der Waals surface area (Å²) < 4.78 is 38.4. The van der Waals surface area contributed by atoms with Crippen molar-refractivity contribution in [2.45, 2.75) is 31.5 Å². The van der Waals surface area contributed by atoms with Gasteiger partial charge in [-0.3, -0.25) is 0 Å². The van der Waals surface area contributed by atoms with Crippen molar-refractivity contribution < 1.29 is 13.2 Å². The van der Waals surface area contributed by atoms with Gasteiger partial charge in [-0.05, 0) is 36.1 Å². The molecule has 1 aliphatic carbocycles. The zero-order valence-corrected chi connectivity index (χ0v) is 11.9. The van der Waals surface area contributed by atoms with E-state index in [2.05, 4.69) is 15.9 Å². The molecule has 1 aromatic carbocycles. The van der Waals surface area contributed by atoms with Crippen molar-refractivity contribution in [2.75, 3.05) is 0 Å². The Hall–Kier alpha value is -0.260. The molecule has 0 bridgehead atoms. The lowest BCUT2D eigenvalue weighted by molar-refractivity contribution is -0.137. The first-order valence-electron chi connectivity index (χ1n) is 5.50. The molecule has 0 unspecified atom stereocenters. The molecule has 1 aliphatic rings. The van der Waals surface area contributed by atoms with E-state index in [-0.39, 0.29) is 18.4 Å². The molecule has 0 saturated heterocycles. The van der Waals surface area contributed by atoms with Gasteiger partial charge in [-0.15, -0.1) is 12.4 Å². The van der Waals surface area contributed by atoms with Crippen LogP contribution in [0.25, 0.3) is 0 Å². The van der Waals surface area contributed by atoms with E-state index in [0.717, 1.165) is 31.4 Å². The van der Waals surface area contributed by atoms with Gasteiger partial charge in [-0.1, -0.05) is 28.8 Å². The number of alkyl halides is 3. The van der Waals surface area contributed by atoms with E-state index in [1.807, 2.05) is 0 Å². The quantitative estimate of drug-likeness (QED) is 0.846. The Morgan fingerprint density at radius 2 is 1.94 bits per heavy atom. The molecule has 2 rings (SSSR count). The molecule has 1 atom stereocenters. The lowest BCUT2D eigenvalue weighted by atomic mass is 10.00. The Morgan fingerprint density at radius 1 is 1.33 bits per heavy atom. The molecule has 0 spiro atoms. The molecular weight excluding hydrogens is 330 g/mol. The van der Waals surface area contributed by atoms with E-state index in [0.29, 0.717) is 16.0 Å². The van der Waals surface area contributed by atoms with Gasteiger partial charge >= 0.3 is 6.18 Å². The van der Waals surface area contributed by atoms with Crippen molar-refractivity contribution >= 4 is 28.3 Å². The van der Waals surface area contributed by atoms with Crippen LogP contribution in [0.1, 0.15) is 36.4 Å². The molecule has 102 valence electrons. The van der Waals surface area contributed by atoms with Gasteiger partial charge in [-0.2, -0.15) is 13.2 Å². The summed E-state index contributed by atoms with van der Waals surface area (Å²) in [6.45, 7) is 0. The Balaban J connectivity index is 0.00000162. The Kier molecular flexibility index (Phi) is 5.09. The van der Waals surface area contributed by atoms with Gasteiger partial charge in [0.2, 0.25) is 0 Å². The van der Waals surface area contributed by atoms with Crippen LogP contribution in [0.4, 0.5) is 13.2 Å². The summed E-state index contributed by atoms with van der Waals surface area (Å²) in [5.74, 6) is 0.589. The van der Waals surface area contributed by atoms with Gasteiger partial charge in [0.25, 0.3) is 0 Å². The van der Waals surface area contributed by atoms with Gasteiger partial charge in [0.1, 0.15) is 0 Å². The minimum absolute atomic E-state index is 0. The second kappa shape index (κ2) is 5.80. The molecule has 1 nitrogen and oxygen atoms in total. The van der Waals surface area contributed by atoms with E-state index in [4.69, 9.17) is 5.73 Å². The average molecular weight is 345 g/mol. The van der Waals surface area contributed by atoms with Crippen LogP contribution >= 0.6 is 28.3 Å². The van der Waals surface area contributed by atoms with Crippen LogP contribution in [0.3, 0.4) is 0 Å². The van der Waals surface area contributed by atoms with Crippen molar-refractivity contribution in [1.82, 2.24) is 0 Å². The van der Waals surface area contributed by atoms with Gasteiger partial charge in [-0.25, -0.2) is 0 Å². The summed E-state index contributed by atoms with van der Waals surface area (Å²) in [6, 6.07) is 3.32. The van der Waals surface area contributed by atoms with Crippen LogP contribution in [-0.4, -0.2) is 0 Å². The van der Waals surface area contributed by atoms with E-state index in [9.17, 15) is 13.2 Å². The minimum atomic E-state index is -4.31. The van der Waals surface area contributed by atoms with Crippen LogP contribution in [0.5, 0.6) is 0 Å². The van der Waals surface area contributed by atoms with Crippen molar-refractivity contribution in [3.05, 3.63) is 33.8 Å². The molecule has 1 fully saturated rings. The molecular formula is C12H14BrClF3N. The van der Waals surface area contributed by atoms with Crippen molar-refractivity contribution in [1.29, 1.82) is 0 Å². The number of hydrogen-bond acceptors (Lipinski definition) is 1. The number of benzene rings is 1. The van der Waals surface area contributed by atoms with Crippen LogP contribution in [-0.2, 0) is 6.18 Å². The number of halogens is 5. The third-order valence-electron chi connectivity index (χ3n) is 3.01. The third kappa shape index (κ3) is 3.87. The smallest absolute Gasteiger partial charge is 0.324 e. The zero-order chi connectivity index (χ0) is 12.6. The fourth-order valence-corrected chi connectivity index (χ4v) is 2.38. The summed E-state index contributed by atoms with van der Waals surface area (Å²) in [5.41, 5.74) is 5.86. The summed E-state index contributed by atoms with van der Waals surface area (Å²) in [4.78, 5) is 0. The highest BCUT2D eigenvalue weighted by atomic mass is 79.9. The maximum atomic E-state index is 12.6. The topological polar surface area (TPSA) is 26.0 Å². The molecule has 1 saturated carbocycles. The van der Waals surface area contributed by atoms with E-state index in [1.165, 1.54) is 6.07 Å². The number of nitrogens with two attached hydrogens (primary N) is 1. The first-order chi connectivity index (χ1) is 7.88. The van der Waals surface area contributed by atoms with Crippen molar-refractivity contribution in [2.24, 2.45) is 11.7 Å². The van der Waals surface area contributed by atoms with Crippen LogP contribution in [0.15, 0.2) is 22.7 Å². The van der Waals surface area contributed by atoms with E-state index < -0.39 is 11.7 Å². The number of hydrogen-bond donors (Lipinski definition) is 1. The largest absolute Gasteiger partial charge is 0.416 e. The van der Waals surface area contributed by atoms with Crippen LogP contribution < -0.4 is 5.73 Å². The lowest BCUT2D eigenvalue weighted by Crippen LogP contribution is -2.14. The summed E-state index contributed by atoms with van der Waals surface area (Å²) in [7, 11) is 0.